The number of hydrogen-bond acceptors (Lipinski definition) is 6. The smallest absolute Gasteiger partial charge is 0.415 e. The second kappa shape index (κ2) is 8.33. The van der Waals surface area contributed by atoms with Crippen LogP contribution in [0.3, 0.4) is 0 Å². The predicted molar refractivity (Wildman–Crippen MR) is 123 cm³/mol. The molecule has 11 heteroatoms. The first kappa shape index (κ1) is 24.1. The lowest BCUT2D eigenvalue weighted by Crippen LogP contribution is -2.56. The molecule has 1 saturated carbocycles. The van der Waals surface area contributed by atoms with E-state index in [1.165, 1.54) is 13.1 Å². The van der Waals surface area contributed by atoms with Crippen LogP contribution in [0.25, 0.3) is 10.9 Å². The fraction of sp³-hybridized carbons (Fsp3) is 0.478. The SMILES string of the molecule is CC(C)(C)OC(=O)NC1=N[C@](C)([C@@H]2C[C@H]2C(=O)Nc2cccc3cc(Cl)cnc23)C(F)(F)CO1. The number of fused-ring (bicyclic) bond motifs is 1. The lowest BCUT2D eigenvalue weighted by atomic mass is 9.87. The van der Waals surface area contributed by atoms with E-state index in [1.807, 2.05) is 0 Å². The fourth-order valence-electron chi connectivity index (χ4n) is 4.01. The number of nitrogens with zero attached hydrogens (tertiary/aromatic N) is 2. The van der Waals surface area contributed by atoms with Crippen LogP contribution in [0.15, 0.2) is 35.5 Å². The molecule has 1 aromatic heterocycles. The molecule has 0 saturated heterocycles. The van der Waals surface area contributed by atoms with Gasteiger partial charge >= 0.3 is 12.0 Å². The first-order valence-corrected chi connectivity index (χ1v) is 11.1. The number of rotatable bonds is 3. The van der Waals surface area contributed by atoms with Crippen LogP contribution in [0.2, 0.25) is 5.02 Å². The van der Waals surface area contributed by atoms with E-state index < -0.39 is 47.5 Å². The molecule has 8 nitrogen and oxygen atoms in total. The Morgan fingerprint density at radius 2 is 2.00 bits per heavy atom. The Hall–Kier alpha value is -3.01. The van der Waals surface area contributed by atoms with Crippen molar-refractivity contribution >= 4 is 46.2 Å². The number of alkyl carbamates (subject to hydrolysis) is 1. The van der Waals surface area contributed by atoms with Crippen LogP contribution >= 0.6 is 11.6 Å². The van der Waals surface area contributed by atoms with Crippen molar-refractivity contribution in [3.63, 3.8) is 0 Å². The van der Waals surface area contributed by atoms with Gasteiger partial charge in [0.05, 0.1) is 16.2 Å². The summed E-state index contributed by atoms with van der Waals surface area (Å²) in [5.74, 6) is -5.19. The van der Waals surface area contributed by atoms with Crippen LogP contribution in [0.5, 0.6) is 0 Å². The van der Waals surface area contributed by atoms with Gasteiger partial charge in [-0.15, -0.1) is 0 Å². The zero-order valence-electron chi connectivity index (χ0n) is 19.1. The van der Waals surface area contributed by atoms with Crippen molar-refractivity contribution < 1.29 is 27.8 Å². The molecule has 2 aromatic rings. The number of aliphatic imine (C=N–C) groups is 1. The number of alkyl halides is 2. The average Bonchev–Trinajstić information content (AvgIpc) is 3.51. The molecule has 34 heavy (non-hydrogen) atoms. The van der Waals surface area contributed by atoms with Gasteiger partial charge in [-0.2, -0.15) is 0 Å². The molecule has 2 aliphatic rings. The molecular weight excluding hydrogens is 470 g/mol. The van der Waals surface area contributed by atoms with Crippen molar-refractivity contribution in [1.29, 1.82) is 0 Å². The van der Waals surface area contributed by atoms with Crippen LogP contribution in [-0.2, 0) is 14.3 Å². The number of carbonyl (C=O) groups is 2. The van der Waals surface area contributed by atoms with Gasteiger partial charge < -0.3 is 14.8 Å². The number of nitrogens with one attached hydrogen (secondary N) is 2. The fourth-order valence-corrected chi connectivity index (χ4v) is 4.17. The van der Waals surface area contributed by atoms with Gasteiger partial charge in [-0.05, 0) is 46.2 Å². The highest BCUT2D eigenvalue weighted by atomic mass is 35.5. The van der Waals surface area contributed by atoms with Crippen LogP contribution < -0.4 is 10.6 Å². The molecule has 182 valence electrons. The summed E-state index contributed by atoms with van der Waals surface area (Å²) in [6.07, 6.45) is 0.815. The number of para-hydroxylation sites is 1. The van der Waals surface area contributed by atoms with Gasteiger partial charge in [0.2, 0.25) is 5.91 Å². The number of pyridine rings is 1. The molecule has 2 N–H and O–H groups in total. The summed E-state index contributed by atoms with van der Waals surface area (Å²) in [4.78, 5) is 33.2. The van der Waals surface area contributed by atoms with Gasteiger partial charge in [0, 0.05) is 23.4 Å². The molecule has 0 radical (unpaired) electrons. The van der Waals surface area contributed by atoms with E-state index in [9.17, 15) is 18.4 Å². The van der Waals surface area contributed by atoms with Crippen molar-refractivity contribution in [2.45, 2.75) is 51.2 Å². The van der Waals surface area contributed by atoms with Gasteiger partial charge in [-0.3, -0.25) is 9.78 Å². The Bertz CT molecular complexity index is 1180. The quantitative estimate of drug-likeness (QED) is 0.640. The zero-order chi connectivity index (χ0) is 24.9. The number of ether oxygens (including phenoxy) is 2. The van der Waals surface area contributed by atoms with Gasteiger partial charge in [0.25, 0.3) is 6.02 Å². The number of carbonyl (C=O) groups excluding carboxylic acids is 2. The maximum Gasteiger partial charge on any atom is 0.415 e. The minimum atomic E-state index is -3.34. The highest BCUT2D eigenvalue weighted by Crippen LogP contribution is 2.55. The van der Waals surface area contributed by atoms with E-state index in [4.69, 9.17) is 21.1 Å². The molecule has 0 bridgehead atoms. The third kappa shape index (κ3) is 4.77. The average molecular weight is 495 g/mol. The van der Waals surface area contributed by atoms with Gasteiger partial charge in [0.15, 0.2) is 6.61 Å². The minimum Gasteiger partial charge on any atom is -0.458 e. The molecule has 4 rings (SSSR count). The van der Waals surface area contributed by atoms with Gasteiger partial charge in [0.1, 0.15) is 11.1 Å². The molecule has 1 fully saturated rings. The van der Waals surface area contributed by atoms with E-state index >= 15 is 0 Å². The molecule has 3 atom stereocenters. The molecule has 0 unspecified atom stereocenters. The lowest BCUT2D eigenvalue weighted by molar-refractivity contribution is -0.127. The maximum atomic E-state index is 14.9. The Kier molecular flexibility index (Phi) is 5.91. The summed E-state index contributed by atoms with van der Waals surface area (Å²) < 4.78 is 39.9. The molecule has 2 amide bonds. The summed E-state index contributed by atoms with van der Waals surface area (Å²) in [6.45, 7) is 5.30. The normalized spacial score (nSPS) is 25.7. The Morgan fingerprint density at radius 3 is 2.71 bits per heavy atom. The Labute approximate surface area is 200 Å². The number of halogens is 3. The predicted octanol–water partition coefficient (Wildman–Crippen LogP) is 4.77. The number of amidine groups is 1. The summed E-state index contributed by atoms with van der Waals surface area (Å²) in [5, 5.41) is 6.26. The van der Waals surface area contributed by atoms with Crippen LogP contribution in [0, 0.1) is 11.8 Å². The highest BCUT2D eigenvalue weighted by Gasteiger charge is 2.66. The van der Waals surface area contributed by atoms with Crippen molar-refractivity contribution in [2.24, 2.45) is 16.8 Å². The van der Waals surface area contributed by atoms with Crippen molar-refractivity contribution in [3.05, 3.63) is 35.5 Å². The summed E-state index contributed by atoms with van der Waals surface area (Å²) in [7, 11) is 0. The maximum absolute atomic E-state index is 14.9. The lowest BCUT2D eigenvalue weighted by Gasteiger charge is -2.38. The van der Waals surface area contributed by atoms with E-state index in [-0.39, 0.29) is 12.4 Å². The largest absolute Gasteiger partial charge is 0.458 e. The highest BCUT2D eigenvalue weighted by molar-refractivity contribution is 6.31. The van der Waals surface area contributed by atoms with E-state index in [1.54, 1.807) is 45.0 Å². The van der Waals surface area contributed by atoms with Crippen molar-refractivity contribution in [2.75, 3.05) is 11.9 Å². The van der Waals surface area contributed by atoms with Crippen molar-refractivity contribution in [3.8, 4) is 0 Å². The first-order valence-electron chi connectivity index (χ1n) is 10.7. The topological polar surface area (TPSA) is 102 Å². The third-order valence-electron chi connectivity index (χ3n) is 5.86. The Balaban J connectivity index is 1.50. The molecule has 1 aliphatic carbocycles. The monoisotopic (exact) mass is 494 g/mol. The summed E-state index contributed by atoms with van der Waals surface area (Å²) in [6, 6.07) is 6.60. The number of benzene rings is 1. The second-order valence-electron chi connectivity index (χ2n) is 9.65. The van der Waals surface area contributed by atoms with Gasteiger partial charge in [-0.1, -0.05) is 23.7 Å². The van der Waals surface area contributed by atoms with Crippen LogP contribution in [0.1, 0.15) is 34.1 Å². The minimum absolute atomic E-state index is 0.213. The number of amides is 2. The number of hydrogen-bond donors (Lipinski definition) is 2. The standard InChI is InChI=1S/C23H25ClF2N4O4/c1-21(2,3)34-20(32)29-19-30-22(4,23(25,26)11-33-19)15-9-14(15)18(31)28-16-7-5-6-12-8-13(24)10-27-17(12)16/h5-8,10,14-15H,9,11H2,1-4H3,(H,28,31)(H,29,30,32)/t14-,15-,22-/m1/s1. The second-order valence-corrected chi connectivity index (χ2v) is 10.1. The van der Waals surface area contributed by atoms with Crippen LogP contribution in [0.4, 0.5) is 19.3 Å². The molecule has 1 aliphatic heterocycles. The molecular formula is C23H25ClF2N4O4. The molecule has 0 spiro atoms. The van der Waals surface area contributed by atoms with E-state index in [2.05, 4.69) is 20.6 Å². The first-order chi connectivity index (χ1) is 15.8. The van der Waals surface area contributed by atoms with E-state index in [0.717, 1.165) is 5.39 Å². The number of aromatic nitrogens is 1. The van der Waals surface area contributed by atoms with Crippen molar-refractivity contribution in [1.82, 2.24) is 10.3 Å². The van der Waals surface area contributed by atoms with E-state index in [0.29, 0.717) is 16.2 Å². The molecule has 1 aromatic carbocycles. The van der Waals surface area contributed by atoms with Gasteiger partial charge in [-0.25, -0.2) is 23.9 Å². The number of anilines is 1. The zero-order valence-corrected chi connectivity index (χ0v) is 19.9. The summed E-state index contributed by atoms with van der Waals surface area (Å²) in [5.41, 5.74) is -1.72. The van der Waals surface area contributed by atoms with Crippen LogP contribution in [-0.4, -0.2) is 46.7 Å². The Morgan fingerprint density at radius 1 is 1.26 bits per heavy atom. The molecule has 2 heterocycles. The summed E-state index contributed by atoms with van der Waals surface area (Å²) >= 11 is 5.98. The third-order valence-corrected chi connectivity index (χ3v) is 6.06.